The van der Waals surface area contributed by atoms with Crippen molar-refractivity contribution in [1.29, 1.82) is 0 Å². The molecule has 0 aliphatic carbocycles. The number of hydrogen-bond acceptors (Lipinski definition) is 0. The fourth-order valence-corrected chi connectivity index (χ4v) is 3.98. The summed E-state index contributed by atoms with van der Waals surface area (Å²) in [6.45, 7) is 0. The van der Waals surface area contributed by atoms with Gasteiger partial charge in [-0.1, -0.05) is 30.3 Å². The molecular formula is C13H9ClF3I. The fourth-order valence-electron chi connectivity index (χ4n) is 1.37. The number of rotatable bonds is 2. The summed E-state index contributed by atoms with van der Waals surface area (Å²) < 4.78 is 39.7. The minimum Gasteiger partial charge on any atom is -1.00 e. The van der Waals surface area contributed by atoms with Gasteiger partial charge in [0.1, 0.15) is 5.56 Å². The van der Waals surface area contributed by atoms with Crippen LogP contribution in [0.2, 0.25) is 0 Å². The molecule has 0 aliphatic rings. The van der Waals surface area contributed by atoms with Gasteiger partial charge in [-0.2, -0.15) is 13.2 Å². The molecule has 0 heterocycles. The van der Waals surface area contributed by atoms with E-state index in [1.54, 1.807) is 12.1 Å². The van der Waals surface area contributed by atoms with Gasteiger partial charge >= 0.3 is 27.4 Å². The molecule has 0 nitrogen and oxygen atoms in total. The van der Waals surface area contributed by atoms with E-state index in [1.807, 2.05) is 30.3 Å². The first-order valence-electron chi connectivity index (χ1n) is 4.93. The van der Waals surface area contributed by atoms with Gasteiger partial charge in [-0.05, 0) is 24.3 Å². The Morgan fingerprint density at radius 1 is 0.778 bits per heavy atom. The summed E-state index contributed by atoms with van der Waals surface area (Å²) in [6, 6.07) is 15.1. The van der Waals surface area contributed by atoms with Gasteiger partial charge in [0.2, 0.25) is 3.57 Å². The Kier molecular flexibility index (Phi) is 5.47. The lowest BCUT2D eigenvalue weighted by molar-refractivity contribution is -0.599. The Morgan fingerprint density at radius 3 is 1.94 bits per heavy atom. The first-order chi connectivity index (χ1) is 8.07. The molecule has 0 unspecified atom stereocenters. The molecule has 0 atom stereocenters. The lowest BCUT2D eigenvalue weighted by atomic mass is 10.2. The van der Waals surface area contributed by atoms with Crippen LogP contribution in [0.3, 0.4) is 0 Å². The number of benzene rings is 2. The predicted molar refractivity (Wildman–Crippen MR) is 55.3 cm³/mol. The van der Waals surface area contributed by atoms with Gasteiger partial charge in [0.05, 0.1) is 0 Å². The van der Waals surface area contributed by atoms with Crippen molar-refractivity contribution in [3.05, 3.63) is 67.3 Å². The van der Waals surface area contributed by atoms with E-state index in [4.69, 9.17) is 0 Å². The van der Waals surface area contributed by atoms with Gasteiger partial charge in [0.15, 0.2) is 3.57 Å². The molecule has 0 fully saturated rings. The first kappa shape index (κ1) is 15.3. The summed E-state index contributed by atoms with van der Waals surface area (Å²) in [5.41, 5.74) is -0.503. The molecule has 18 heavy (non-hydrogen) atoms. The molecular weight excluding hydrogens is 375 g/mol. The second-order valence-corrected chi connectivity index (χ2v) is 6.31. The highest BCUT2D eigenvalue weighted by molar-refractivity contribution is 5.17. The summed E-state index contributed by atoms with van der Waals surface area (Å²) in [7, 11) is 0. The molecule has 0 aliphatic heterocycles. The van der Waals surface area contributed by atoms with Gasteiger partial charge in [-0.3, -0.25) is 0 Å². The van der Waals surface area contributed by atoms with Crippen molar-refractivity contribution in [1.82, 2.24) is 0 Å². The summed E-state index contributed by atoms with van der Waals surface area (Å²) in [5.74, 6) is 0. The minimum atomic E-state index is -4.26. The molecule has 0 saturated heterocycles. The quantitative estimate of drug-likeness (QED) is 0.518. The molecule has 96 valence electrons. The second kappa shape index (κ2) is 6.43. The Balaban J connectivity index is 0.00000162. The topological polar surface area (TPSA) is 0 Å². The van der Waals surface area contributed by atoms with Crippen molar-refractivity contribution >= 4 is 0 Å². The summed E-state index contributed by atoms with van der Waals surface area (Å²) in [4.78, 5) is 0. The van der Waals surface area contributed by atoms with E-state index in [-0.39, 0.29) is 12.4 Å². The van der Waals surface area contributed by atoms with Crippen LogP contribution < -0.4 is 33.6 Å². The van der Waals surface area contributed by atoms with Crippen LogP contribution in [0.1, 0.15) is 5.56 Å². The molecule has 5 heteroatoms. The SMILES string of the molecule is FC(F)(F)c1ccccc1[I+]c1ccccc1.[Cl-]. The normalized spacial score (nSPS) is 10.8. The van der Waals surface area contributed by atoms with Crippen LogP contribution in [-0.2, 0) is 6.18 Å². The van der Waals surface area contributed by atoms with Gasteiger partial charge < -0.3 is 12.4 Å². The van der Waals surface area contributed by atoms with E-state index in [0.29, 0.717) is 3.57 Å². The third kappa shape index (κ3) is 3.88. The zero-order valence-corrected chi connectivity index (χ0v) is 12.0. The molecule has 0 amide bonds. The van der Waals surface area contributed by atoms with E-state index in [1.165, 1.54) is 6.07 Å². The minimum absolute atomic E-state index is 0. The summed E-state index contributed by atoms with van der Waals surface area (Å²) in [6.07, 6.45) is -4.26. The largest absolute Gasteiger partial charge is 1.00 e. The number of hydrogen-bond donors (Lipinski definition) is 0. The number of alkyl halides is 3. The van der Waals surface area contributed by atoms with Gasteiger partial charge in [-0.25, -0.2) is 0 Å². The van der Waals surface area contributed by atoms with Crippen molar-refractivity contribution < 1.29 is 46.8 Å². The van der Waals surface area contributed by atoms with Crippen LogP contribution in [0, 0.1) is 7.14 Å². The molecule has 2 aromatic rings. The lowest BCUT2D eigenvalue weighted by Crippen LogP contribution is -3.61. The second-order valence-electron chi connectivity index (χ2n) is 3.37. The van der Waals surface area contributed by atoms with E-state index >= 15 is 0 Å². The summed E-state index contributed by atoms with van der Waals surface area (Å²) >= 11 is -0.779. The fraction of sp³-hybridized carbons (Fsp3) is 0.0769. The predicted octanol–water partition coefficient (Wildman–Crippen LogP) is -2.16. The van der Waals surface area contributed by atoms with Gasteiger partial charge in [0, 0.05) is 0 Å². The smallest absolute Gasteiger partial charge is 0.420 e. The van der Waals surface area contributed by atoms with Crippen LogP contribution in [0.15, 0.2) is 54.6 Å². The third-order valence-electron chi connectivity index (χ3n) is 2.12. The van der Waals surface area contributed by atoms with Crippen LogP contribution in [-0.4, -0.2) is 0 Å². The van der Waals surface area contributed by atoms with E-state index in [2.05, 4.69) is 0 Å². The van der Waals surface area contributed by atoms with Crippen LogP contribution in [0.25, 0.3) is 0 Å². The van der Waals surface area contributed by atoms with E-state index < -0.39 is 32.9 Å². The van der Waals surface area contributed by atoms with E-state index in [9.17, 15) is 13.2 Å². The first-order valence-corrected chi connectivity index (χ1v) is 7.09. The molecule has 0 bridgehead atoms. The maximum atomic E-state index is 12.8. The van der Waals surface area contributed by atoms with Gasteiger partial charge in [0.25, 0.3) is 0 Å². The average Bonchev–Trinajstić information content (AvgIpc) is 2.30. The number of halogens is 5. The standard InChI is InChI=1S/C13H9F3I.ClH/c14-13(15,16)11-8-4-5-9-12(11)17-10-6-2-1-3-7-10;/h1-9H;1H/q+1;/p-1. The highest BCUT2D eigenvalue weighted by atomic mass is 127. The van der Waals surface area contributed by atoms with Crippen molar-refractivity contribution in [3.63, 3.8) is 0 Å². The lowest BCUT2D eigenvalue weighted by Gasteiger charge is -2.05. The average molecular weight is 385 g/mol. The Labute approximate surface area is 120 Å². The van der Waals surface area contributed by atoms with Crippen LogP contribution in [0.5, 0.6) is 0 Å². The molecule has 2 rings (SSSR count). The Bertz CT molecular complexity index is 497. The zero-order valence-electron chi connectivity index (χ0n) is 9.09. The van der Waals surface area contributed by atoms with Crippen LogP contribution in [0.4, 0.5) is 13.2 Å². The summed E-state index contributed by atoms with van der Waals surface area (Å²) in [5, 5.41) is 0. The van der Waals surface area contributed by atoms with Gasteiger partial charge in [-0.15, -0.1) is 0 Å². The molecule has 0 radical (unpaired) electrons. The highest BCUT2D eigenvalue weighted by Crippen LogP contribution is 2.28. The molecule has 0 N–H and O–H groups in total. The van der Waals surface area contributed by atoms with Crippen molar-refractivity contribution in [3.8, 4) is 0 Å². The molecule has 0 spiro atoms. The van der Waals surface area contributed by atoms with Crippen molar-refractivity contribution in [2.45, 2.75) is 6.18 Å². The molecule has 0 aromatic heterocycles. The van der Waals surface area contributed by atoms with Crippen LogP contribution >= 0.6 is 0 Å². The van der Waals surface area contributed by atoms with Crippen molar-refractivity contribution in [2.24, 2.45) is 0 Å². The van der Waals surface area contributed by atoms with E-state index in [0.717, 1.165) is 9.64 Å². The highest BCUT2D eigenvalue weighted by Gasteiger charge is 2.37. The third-order valence-corrected chi connectivity index (χ3v) is 4.99. The maximum absolute atomic E-state index is 12.8. The zero-order chi connectivity index (χ0) is 12.3. The Hall–Kier alpha value is -0.750. The Morgan fingerprint density at radius 2 is 1.33 bits per heavy atom. The molecule has 2 aromatic carbocycles. The maximum Gasteiger partial charge on any atom is 0.420 e. The van der Waals surface area contributed by atoms with Crippen molar-refractivity contribution in [2.75, 3.05) is 0 Å². The monoisotopic (exact) mass is 384 g/mol. The molecule has 0 saturated carbocycles.